The Morgan fingerprint density at radius 2 is 1.53 bits per heavy atom. The highest BCUT2D eigenvalue weighted by atomic mass is 32.2. The summed E-state index contributed by atoms with van der Waals surface area (Å²) in [5, 5.41) is 8.79. The molecule has 1 unspecified atom stereocenters. The molecule has 0 aliphatic carbocycles. The maximum absolute atomic E-state index is 6.27. The van der Waals surface area contributed by atoms with Crippen LogP contribution >= 0.6 is 11.8 Å². The minimum Gasteiger partial charge on any atom is -0.455 e. The Kier molecular flexibility index (Phi) is 3.87. The maximum Gasteiger partial charge on any atom is 0.143 e. The second kappa shape index (κ2) is 6.91. The molecule has 7 rings (SSSR count). The summed E-state index contributed by atoms with van der Waals surface area (Å²) in [7, 11) is 0. The number of anilines is 1. The average Bonchev–Trinajstić information content (AvgIpc) is 3.46. The van der Waals surface area contributed by atoms with Crippen LogP contribution in [0, 0.1) is 0 Å². The number of furan rings is 1. The molecule has 0 fully saturated rings. The largest absolute Gasteiger partial charge is 0.455 e. The van der Waals surface area contributed by atoms with Crippen LogP contribution in [-0.4, -0.2) is 0 Å². The molecule has 32 heavy (non-hydrogen) atoms. The van der Waals surface area contributed by atoms with E-state index in [1.807, 2.05) is 23.9 Å². The van der Waals surface area contributed by atoms with E-state index in [-0.39, 0.29) is 5.37 Å². The molecule has 1 aromatic heterocycles. The highest BCUT2D eigenvalue weighted by Gasteiger charge is 2.24. The lowest BCUT2D eigenvalue weighted by Gasteiger charge is -2.09. The number of thioether (sulfide) groups is 1. The summed E-state index contributed by atoms with van der Waals surface area (Å²) >= 11 is 1.90. The molecule has 0 saturated heterocycles. The van der Waals surface area contributed by atoms with Crippen molar-refractivity contribution in [2.75, 3.05) is 5.32 Å². The predicted molar refractivity (Wildman–Crippen MR) is 135 cm³/mol. The smallest absolute Gasteiger partial charge is 0.143 e. The van der Waals surface area contributed by atoms with Crippen molar-refractivity contribution >= 4 is 50.2 Å². The molecule has 0 amide bonds. The van der Waals surface area contributed by atoms with Gasteiger partial charge in [-0.2, -0.15) is 0 Å². The Balaban J connectivity index is 1.34. The first-order valence-corrected chi connectivity index (χ1v) is 11.7. The highest BCUT2D eigenvalue weighted by Crippen LogP contribution is 2.50. The van der Waals surface area contributed by atoms with E-state index in [1.54, 1.807) is 0 Å². The fourth-order valence-corrected chi connectivity index (χ4v) is 6.03. The van der Waals surface area contributed by atoms with Crippen LogP contribution in [0.2, 0.25) is 0 Å². The van der Waals surface area contributed by atoms with Gasteiger partial charge in [0.1, 0.15) is 16.5 Å². The molecule has 1 aliphatic rings. The van der Waals surface area contributed by atoms with Gasteiger partial charge in [-0.15, -0.1) is 0 Å². The highest BCUT2D eigenvalue weighted by molar-refractivity contribution is 8.00. The number of hydrogen-bond donors (Lipinski definition) is 1. The lowest BCUT2D eigenvalue weighted by Crippen LogP contribution is -2.00. The molecule has 3 heteroatoms. The fourth-order valence-electron chi connectivity index (χ4n) is 4.75. The van der Waals surface area contributed by atoms with Gasteiger partial charge in [0.2, 0.25) is 0 Å². The molecular weight excluding hydrogens is 410 g/mol. The first kappa shape index (κ1) is 17.9. The number of para-hydroxylation sites is 2. The van der Waals surface area contributed by atoms with Crippen LogP contribution in [0.4, 0.5) is 5.69 Å². The summed E-state index contributed by atoms with van der Waals surface area (Å²) in [6.45, 7) is 0. The van der Waals surface area contributed by atoms with E-state index in [9.17, 15) is 0 Å². The van der Waals surface area contributed by atoms with Gasteiger partial charge >= 0.3 is 0 Å². The topological polar surface area (TPSA) is 25.2 Å². The van der Waals surface area contributed by atoms with Crippen LogP contribution in [0.3, 0.4) is 0 Å². The Morgan fingerprint density at radius 3 is 2.47 bits per heavy atom. The number of benzene rings is 5. The van der Waals surface area contributed by atoms with Crippen molar-refractivity contribution in [3.63, 3.8) is 0 Å². The molecule has 0 radical (unpaired) electrons. The normalized spacial score (nSPS) is 15.3. The van der Waals surface area contributed by atoms with E-state index < -0.39 is 0 Å². The van der Waals surface area contributed by atoms with E-state index >= 15 is 0 Å². The second-order valence-corrected chi connectivity index (χ2v) is 9.33. The van der Waals surface area contributed by atoms with E-state index in [2.05, 4.69) is 96.3 Å². The van der Waals surface area contributed by atoms with Gasteiger partial charge in [-0.1, -0.05) is 96.7 Å². The van der Waals surface area contributed by atoms with Crippen molar-refractivity contribution in [3.8, 4) is 11.1 Å². The molecule has 1 N–H and O–H groups in total. The third kappa shape index (κ3) is 2.68. The number of nitrogens with one attached hydrogen (secondary N) is 1. The van der Waals surface area contributed by atoms with Gasteiger partial charge in [0, 0.05) is 26.9 Å². The zero-order valence-electron chi connectivity index (χ0n) is 17.2. The average molecular weight is 430 g/mol. The lowest BCUT2D eigenvalue weighted by molar-refractivity contribution is 0.670. The first-order valence-electron chi connectivity index (χ1n) is 10.8. The first-order chi connectivity index (χ1) is 15.8. The molecule has 2 heterocycles. The lowest BCUT2D eigenvalue weighted by atomic mass is 9.99. The van der Waals surface area contributed by atoms with Crippen molar-refractivity contribution in [1.82, 2.24) is 0 Å². The number of rotatable bonds is 2. The summed E-state index contributed by atoms with van der Waals surface area (Å²) < 4.78 is 6.27. The number of hydrogen-bond acceptors (Lipinski definition) is 3. The molecule has 2 nitrogen and oxygen atoms in total. The van der Waals surface area contributed by atoms with Gasteiger partial charge in [0.15, 0.2) is 0 Å². The Bertz CT molecular complexity index is 1630. The maximum atomic E-state index is 6.27. The minimum absolute atomic E-state index is 0.251. The van der Waals surface area contributed by atoms with Crippen molar-refractivity contribution in [3.05, 3.63) is 109 Å². The predicted octanol–water partition coefficient (Wildman–Crippen LogP) is 8.62. The fraction of sp³-hybridized carbons (Fsp3) is 0.0345. The number of fused-ring (bicyclic) bond motifs is 6. The summed E-state index contributed by atoms with van der Waals surface area (Å²) in [5.41, 5.74) is 6.71. The van der Waals surface area contributed by atoms with Crippen LogP contribution in [-0.2, 0) is 0 Å². The van der Waals surface area contributed by atoms with E-state index in [0.29, 0.717) is 0 Å². The van der Waals surface area contributed by atoms with E-state index in [4.69, 9.17) is 4.42 Å². The molecule has 152 valence electrons. The molecule has 0 spiro atoms. The van der Waals surface area contributed by atoms with E-state index in [1.165, 1.54) is 32.5 Å². The van der Waals surface area contributed by atoms with Crippen LogP contribution in [0.1, 0.15) is 10.9 Å². The second-order valence-electron chi connectivity index (χ2n) is 8.21. The monoisotopic (exact) mass is 429 g/mol. The van der Waals surface area contributed by atoms with Gasteiger partial charge < -0.3 is 9.73 Å². The molecule has 0 saturated carbocycles. The summed E-state index contributed by atoms with van der Waals surface area (Å²) in [5.74, 6) is 0. The van der Waals surface area contributed by atoms with Crippen molar-refractivity contribution in [1.29, 1.82) is 0 Å². The van der Waals surface area contributed by atoms with Crippen molar-refractivity contribution < 1.29 is 4.42 Å². The Hall–Kier alpha value is -3.69. The third-order valence-corrected chi connectivity index (χ3v) is 7.61. The standard InChI is InChI=1S/C29H19NOS/c1-2-7-18(8-3-1)29-30-25-16-14-20-17-19(13-15-22(20)28(25)32-29)21-10-6-11-24-23-9-4-5-12-26(23)31-27(21)24/h1-17,29-30H. The quantitative estimate of drug-likeness (QED) is 0.298. The van der Waals surface area contributed by atoms with Gasteiger partial charge in [-0.3, -0.25) is 0 Å². The van der Waals surface area contributed by atoms with Crippen molar-refractivity contribution in [2.45, 2.75) is 10.3 Å². The van der Waals surface area contributed by atoms with Crippen LogP contribution in [0.25, 0.3) is 43.8 Å². The van der Waals surface area contributed by atoms with Crippen LogP contribution in [0.15, 0.2) is 112 Å². The van der Waals surface area contributed by atoms with Gasteiger partial charge in [0.25, 0.3) is 0 Å². The SMILES string of the molecule is c1ccc(C2Nc3ccc4cc(-c5cccc6c5oc5ccccc56)ccc4c3S2)cc1. The third-order valence-electron chi connectivity index (χ3n) is 6.31. The van der Waals surface area contributed by atoms with Gasteiger partial charge in [0.05, 0.1) is 0 Å². The zero-order chi connectivity index (χ0) is 21.1. The van der Waals surface area contributed by atoms with E-state index in [0.717, 1.165) is 27.5 Å². The van der Waals surface area contributed by atoms with Crippen LogP contribution in [0.5, 0.6) is 0 Å². The van der Waals surface area contributed by atoms with Gasteiger partial charge in [-0.05, 0) is 40.1 Å². The molecule has 1 atom stereocenters. The zero-order valence-corrected chi connectivity index (χ0v) is 18.0. The summed E-state index contributed by atoms with van der Waals surface area (Å²) in [4.78, 5) is 1.32. The molecular formula is C29H19NOS. The van der Waals surface area contributed by atoms with Crippen molar-refractivity contribution in [2.24, 2.45) is 0 Å². The van der Waals surface area contributed by atoms with Crippen LogP contribution < -0.4 is 5.32 Å². The Labute approximate surface area is 189 Å². The molecule has 1 aliphatic heterocycles. The summed E-state index contributed by atoms with van der Waals surface area (Å²) in [6.07, 6.45) is 0. The molecule has 6 aromatic rings. The Morgan fingerprint density at radius 1 is 0.688 bits per heavy atom. The molecule has 5 aromatic carbocycles. The molecule has 0 bridgehead atoms. The summed E-state index contributed by atoms with van der Waals surface area (Å²) in [6, 6.07) is 36.5. The van der Waals surface area contributed by atoms with Gasteiger partial charge in [-0.25, -0.2) is 0 Å². The minimum atomic E-state index is 0.251.